The first-order valence-corrected chi connectivity index (χ1v) is 11.3. The van der Waals surface area contributed by atoms with Crippen LogP contribution < -0.4 is 14.8 Å². The molecule has 6 nitrogen and oxygen atoms in total. The fraction of sp³-hybridized carbons (Fsp3) is 0.259. The molecular weight excluding hydrogens is 469 g/mol. The van der Waals surface area contributed by atoms with Crippen molar-refractivity contribution in [2.24, 2.45) is 0 Å². The number of hydrogen-bond acceptors (Lipinski definition) is 5. The van der Waals surface area contributed by atoms with Gasteiger partial charge in [0.25, 0.3) is 0 Å². The number of anilines is 2. The molecular formula is C27H25F3N4O2. The van der Waals surface area contributed by atoms with Crippen LogP contribution in [0.2, 0.25) is 0 Å². The number of alkyl halides is 3. The number of fused-ring (bicyclic) bond motifs is 1. The van der Waals surface area contributed by atoms with E-state index in [0.29, 0.717) is 33.8 Å². The van der Waals surface area contributed by atoms with E-state index in [9.17, 15) is 13.2 Å². The Balaban J connectivity index is 1.66. The summed E-state index contributed by atoms with van der Waals surface area (Å²) in [7, 11) is 1.54. The summed E-state index contributed by atoms with van der Waals surface area (Å²) in [6.45, 7) is 16.9. The second kappa shape index (κ2) is 10.2. The zero-order valence-electron chi connectivity index (χ0n) is 19.7. The first kappa shape index (κ1) is 24.9. The third kappa shape index (κ3) is 5.23. The van der Waals surface area contributed by atoms with Crippen LogP contribution >= 0.6 is 0 Å². The van der Waals surface area contributed by atoms with Gasteiger partial charge in [0.2, 0.25) is 5.69 Å². The van der Waals surface area contributed by atoms with Crippen LogP contribution in [0.4, 0.5) is 30.2 Å². The van der Waals surface area contributed by atoms with Crippen molar-refractivity contribution in [1.82, 2.24) is 9.88 Å². The maximum Gasteiger partial charge on any atom is 0.416 e. The van der Waals surface area contributed by atoms with Crippen LogP contribution in [0.5, 0.6) is 11.5 Å². The third-order valence-corrected chi connectivity index (χ3v) is 6.11. The molecule has 1 saturated heterocycles. The van der Waals surface area contributed by atoms with Crippen molar-refractivity contribution >= 4 is 28.0 Å². The lowest BCUT2D eigenvalue weighted by atomic mass is 10.1. The number of hydrogen-bond donors (Lipinski definition) is 1. The zero-order chi connectivity index (χ0) is 25.9. The number of methoxy groups -OCH3 is 1. The van der Waals surface area contributed by atoms with Crippen LogP contribution in [0.3, 0.4) is 0 Å². The van der Waals surface area contributed by atoms with Gasteiger partial charge in [-0.15, -0.1) is 0 Å². The smallest absolute Gasteiger partial charge is 0.416 e. The molecule has 1 aliphatic rings. The number of halogens is 3. The predicted octanol–water partition coefficient (Wildman–Crippen LogP) is 7.10. The Labute approximate surface area is 207 Å². The minimum atomic E-state index is -4.43. The van der Waals surface area contributed by atoms with Crippen molar-refractivity contribution in [3.05, 3.63) is 84.5 Å². The van der Waals surface area contributed by atoms with Gasteiger partial charge < -0.3 is 19.7 Å². The Kier molecular flexibility index (Phi) is 7.06. The Morgan fingerprint density at radius 1 is 1.19 bits per heavy atom. The molecule has 186 valence electrons. The Morgan fingerprint density at radius 2 is 1.89 bits per heavy atom. The zero-order valence-corrected chi connectivity index (χ0v) is 19.7. The lowest BCUT2D eigenvalue weighted by Crippen LogP contribution is -2.37. The van der Waals surface area contributed by atoms with E-state index < -0.39 is 11.7 Å². The molecule has 0 atom stereocenters. The number of likely N-dealkylation sites (tertiary alicyclic amines) is 1. The summed E-state index contributed by atoms with van der Waals surface area (Å²) >= 11 is 0. The van der Waals surface area contributed by atoms with Crippen molar-refractivity contribution in [1.29, 1.82) is 0 Å². The molecule has 2 aromatic carbocycles. The third-order valence-electron chi connectivity index (χ3n) is 6.11. The number of nitrogens with zero attached hydrogens (tertiary/aromatic N) is 3. The van der Waals surface area contributed by atoms with Crippen molar-refractivity contribution in [3.8, 4) is 11.5 Å². The number of benzene rings is 2. The van der Waals surface area contributed by atoms with E-state index in [1.54, 1.807) is 25.3 Å². The molecule has 1 aromatic heterocycles. The van der Waals surface area contributed by atoms with Crippen molar-refractivity contribution in [2.45, 2.75) is 25.1 Å². The summed E-state index contributed by atoms with van der Waals surface area (Å²) in [4.78, 5) is 10.1. The summed E-state index contributed by atoms with van der Waals surface area (Å²) in [6, 6.07) is 8.13. The maximum atomic E-state index is 13.0. The SMILES string of the molecule is [C-]#[N+]c1cnc2cc(OC)c(OC3CCN(C(=C)C=C)CC3)cc2c1Nc1ccc(C(F)(F)F)cc1. The van der Waals surface area contributed by atoms with Crippen LogP contribution in [-0.2, 0) is 6.18 Å². The van der Waals surface area contributed by atoms with Gasteiger partial charge >= 0.3 is 6.18 Å². The highest BCUT2D eigenvalue weighted by Gasteiger charge is 2.30. The van der Waals surface area contributed by atoms with Gasteiger partial charge in [-0.1, -0.05) is 13.2 Å². The highest BCUT2D eigenvalue weighted by atomic mass is 19.4. The number of allylic oxidation sites excluding steroid dienone is 1. The fourth-order valence-electron chi connectivity index (χ4n) is 4.11. The Bertz CT molecular complexity index is 1320. The van der Waals surface area contributed by atoms with Gasteiger partial charge in [0.05, 0.1) is 30.4 Å². The quantitative estimate of drug-likeness (QED) is 0.281. The molecule has 0 aliphatic carbocycles. The Hall–Kier alpha value is -4.19. The number of ether oxygens (including phenoxy) is 2. The van der Waals surface area contributed by atoms with Crippen molar-refractivity contribution < 1.29 is 22.6 Å². The van der Waals surface area contributed by atoms with Crippen molar-refractivity contribution in [3.63, 3.8) is 0 Å². The maximum absolute atomic E-state index is 13.0. The van der Waals surface area contributed by atoms with Gasteiger partial charge in [-0.3, -0.25) is 4.98 Å². The normalized spacial score (nSPS) is 14.2. The van der Waals surface area contributed by atoms with E-state index >= 15 is 0 Å². The van der Waals surface area contributed by atoms with Crippen LogP contribution in [0.1, 0.15) is 18.4 Å². The molecule has 0 amide bonds. The summed E-state index contributed by atoms with van der Waals surface area (Å²) < 4.78 is 50.7. The van der Waals surface area contributed by atoms with Crippen LogP contribution in [0.15, 0.2) is 67.5 Å². The average molecular weight is 495 g/mol. The van der Waals surface area contributed by atoms with E-state index in [0.717, 1.165) is 43.8 Å². The van der Waals surface area contributed by atoms with E-state index in [4.69, 9.17) is 16.0 Å². The molecule has 36 heavy (non-hydrogen) atoms. The predicted molar refractivity (Wildman–Crippen MR) is 134 cm³/mol. The molecule has 0 radical (unpaired) electrons. The number of piperidine rings is 1. The molecule has 2 heterocycles. The van der Waals surface area contributed by atoms with E-state index in [1.807, 2.05) is 0 Å². The summed E-state index contributed by atoms with van der Waals surface area (Å²) in [5, 5.41) is 3.69. The number of pyridine rings is 1. The number of aromatic nitrogens is 1. The van der Waals surface area contributed by atoms with Gasteiger partial charge in [-0.2, -0.15) is 13.2 Å². The first-order valence-electron chi connectivity index (χ1n) is 11.3. The van der Waals surface area contributed by atoms with Crippen LogP contribution in [0.25, 0.3) is 15.7 Å². The van der Waals surface area contributed by atoms with Gasteiger partial charge in [-0.25, -0.2) is 4.85 Å². The number of nitrogens with one attached hydrogen (secondary N) is 1. The average Bonchev–Trinajstić information content (AvgIpc) is 2.88. The minimum absolute atomic E-state index is 0.0476. The Morgan fingerprint density at radius 3 is 2.47 bits per heavy atom. The van der Waals surface area contributed by atoms with Crippen molar-refractivity contribution in [2.75, 3.05) is 25.5 Å². The first-order chi connectivity index (χ1) is 17.2. The standard InChI is InChI=1S/C27H25F3N4O2/c1-5-17(2)34-12-10-20(11-13-34)36-25-14-21-22(15-24(25)35-4)32-16-23(31-3)26(21)33-19-8-6-18(7-9-19)27(28,29)30/h5-9,14-16,20H,1-2,10-13H2,4H3,(H,32,33). The molecule has 0 bridgehead atoms. The van der Waals surface area contributed by atoms with Gasteiger partial charge in [-0.05, 0) is 36.4 Å². The van der Waals surface area contributed by atoms with E-state index in [1.165, 1.54) is 18.3 Å². The minimum Gasteiger partial charge on any atom is -0.493 e. The van der Waals surface area contributed by atoms with Crippen LogP contribution in [-0.4, -0.2) is 36.2 Å². The molecule has 4 rings (SSSR count). The molecule has 3 aromatic rings. The van der Waals surface area contributed by atoms with E-state index in [2.05, 4.69) is 33.2 Å². The summed E-state index contributed by atoms with van der Waals surface area (Å²) in [5.74, 6) is 1.01. The highest BCUT2D eigenvalue weighted by Crippen LogP contribution is 2.41. The molecule has 0 saturated carbocycles. The van der Waals surface area contributed by atoms with E-state index in [-0.39, 0.29) is 11.8 Å². The van der Waals surface area contributed by atoms with Gasteiger partial charge in [0.15, 0.2) is 11.5 Å². The molecule has 0 spiro atoms. The second-order valence-electron chi connectivity index (χ2n) is 8.35. The monoisotopic (exact) mass is 494 g/mol. The molecule has 9 heteroatoms. The van der Waals surface area contributed by atoms with Gasteiger partial charge in [0.1, 0.15) is 6.10 Å². The topological polar surface area (TPSA) is 51.0 Å². The lowest BCUT2D eigenvalue weighted by Gasteiger charge is -2.34. The van der Waals surface area contributed by atoms with Crippen LogP contribution in [0, 0.1) is 6.57 Å². The molecule has 1 aliphatic heterocycles. The summed E-state index contributed by atoms with van der Waals surface area (Å²) in [5.41, 5.74) is 1.76. The largest absolute Gasteiger partial charge is 0.493 e. The molecule has 0 unspecified atom stereocenters. The molecule has 1 N–H and O–H groups in total. The summed E-state index contributed by atoms with van der Waals surface area (Å²) in [6.07, 6.45) is 0.246. The highest BCUT2D eigenvalue weighted by molar-refractivity contribution is 6.01. The molecule has 1 fully saturated rings. The second-order valence-corrected chi connectivity index (χ2v) is 8.35. The van der Waals surface area contributed by atoms with Gasteiger partial charge in [0, 0.05) is 55.0 Å². The lowest BCUT2D eigenvalue weighted by molar-refractivity contribution is -0.137. The number of rotatable bonds is 7. The fourth-order valence-corrected chi connectivity index (χ4v) is 4.11.